The summed E-state index contributed by atoms with van der Waals surface area (Å²) < 4.78 is 13.5. The first-order chi connectivity index (χ1) is 4.19. The lowest BCUT2D eigenvalue weighted by Crippen LogP contribution is -2.42. The van der Waals surface area contributed by atoms with Gasteiger partial charge in [0, 0.05) is 7.11 Å². The van der Waals surface area contributed by atoms with E-state index in [1.165, 1.54) is 0 Å². The standard InChI is InChI=1S/C5H13O3Si/c1-6-9(3)7-4-5-8(9)2/h4-5H2,1-3H3/q+1. The molecule has 1 atom stereocenters. The summed E-state index contributed by atoms with van der Waals surface area (Å²) in [4.78, 5) is 0. The summed E-state index contributed by atoms with van der Waals surface area (Å²) in [6, 6.07) is 0. The molecule has 0 radical (unpaired) electrons. The van der Waals surface area contributed by atoms with Crippen molar-refractivity contribution in [1.82, 2.24) is 0 Å². The van der Waals surface area contributed by atoms with Crippen molar-refractivity contribution < 1.29 is 12.9 Å². The van der Waals surface area contributed by atoms with Gasteiger partial charge in [0.15, 0.2) is 0 Å². The summed E-state index contributed by atoms with van der Waals surface area (Å²) in [7, 11) is 1.74. The Balaban J connectivity index is 2.56. The van der Waals surface area contributed by atoms with Gasteiger partial charge in [0.05, 0.1) is 6.55 Å². The maximum absolute atomic E-state index is 5.41. The Hall–Kier alpha value is 0.0969. The summed E-state index contributed by atoms with van der Waals surface area (Å²) in [6.07, 6.45) is 0. The Labute approximate surface area is 56.6 Å². The molecule has 0 N–H and O–H groups in total. The predicted octanol–water partition coefficient (Wildman–Crippen LogP) is 0.414. The monoisotopic (exact) mass is 149 g/mol. The van der Waals surface area contributed by atoms with Crippen molar-refractivity contribution in [3.8, 4) is 0 Å². The average molecular weight is 149 g/mol. The topological polar surface area (TPSA) is 21.2 Å². The van der Waals surface area contributed by atoms with Crippen molar-refractivity contribution in [3.63, 3.8) is 0 Å². The second kappa shape index (κ2) is 2.38. The molecular weight excluding hydrogens is 136 g/mol. The van der Waals surface area contributed by atoms with Gasteiger partial charge in [-0.1, -0.05) is 0 Å². The molecule has 54 valence electrons. The molecule has 0 aromatic heterocycles. The van der Waals surface area contributed by atoms with Crippen LogP contribution in [0.4, 0.5) is 0 Å². The van der Waals surface area contributed by atoms with E-state index in [0.717, 1.165) is 13.2 Å². The minimum atomic E-state index is -1.91. The minimum Gasteiger partial charge on any atom is -0.477 e. The first-order valence-electron chi connectivity index (χ1n) is 3.01. The van der Waals surface area contributed by atoms with Gasteiger partial charge in [0.2, 0.25) is 0 Å². The largest absolute Gasteiger partial charge is 0.716 e. The molecule has 0 aromatic rings. The van der Waals surface area contributed by atoms with Gasteiger partial charge in [-0.25, -0.2) is 0 Å². The molecular formula is C5H13O3Si+. The average Bonchev–Trinajstić information content (AvgIpc) is 2.15. The third-order valence-electron chi connectivity index (χ3n) is 1.76. The molecule has 0 aromatic carbocycles. The second-order valence-electron chi connectivity index (χ2n) is 2.26. The predicted molar refractivity (Wildman–Crippen MR) is 36.5 cm³/mol. The van der Waals surface area contributed by atoms with Crippen LogP contribution in [0.1, 0.15) is 0 Å². The Bertz CT molecular complexity index is 108. The molecule has 1 heterocycles. The number of rotatable bonds is 1. The number of hydrogen-bond acceptors (Lipinski definition) is 2. The summed E-state index contributed by atoms with van der Waals surface area (Å²) in [5, 5.41) is 0. The molecule has 4 heteroatoms. The zero-order valence-electron chi connectivity index (χ0n) is 6.14. The van der Waals surface area contributed by atoms with Crippen LogP contribution in [0.15, 0.2) is 0 Å². The molecule has 3 nitrogen and oxygen atoms in total. The molecule has 1 aliphatic rings. The molecule has 9 heavy (non-hydrogen) atoms. The van der Waals surface area contributed by atoms with Crippen molar-refractivity contribution in [2.75, 3.05) is 27.4 Å². The SMILES string of the molecule is CO[Si]1(C)OCC[O+]1C. The molecule has 1 rings (SSSR count). The highest BCUT2D eigenvalue weighted by Gasteiger charge is 2.53. The Morgan fingerprint density at radius 1 is 1.67 bits per heavy atom. The number of hydrogen-bond donors (Lipinski definition) is 0. The Morgan fingerprint density at radius 3 is 2.56 bits per heavy atom. The lowest BCUT2D eigenvalue weighted by Gasteiger charge is -2.18. The lowest BCUT2D eigenvalue weighted by atomic mass is 10.8. The lowest BCUT2D eigenvalue weighted by molar-refractivity contribution is 0.0188. The van der Waals surface area contributed by atoms with Crippen molar-refractivity contribution in [1.29, 1.82) is 0 Å². The first kappa shape index (κ1) is 7.21. The van der Waals surface area contributed by atoms with Gasteiger partial charge in [-0.3, -0.25) is 0 Å². The fourth-order valence-electron chi connectivity index (χ4n) is 0.839. The normalized spacial score (nSPS) is 37.7. The van der Waals surface area contributed by atoms with Crippen molar-refractivity contribution in [2.24, 2.45) is 0 Å². The van der Waals surface area contributed by atoms with E-state index >= 15 is 0 Å². The van der Waals surface area contributed by atoms with Gasteiger partial charge in [0.25, 0.3) is 0 Å². The van der Waals surface area contributed by atoms with E-state index < -0.39 is 8.80 Å². The van der Waals surface area contributed by atoms with Gasteiger partial charge in [-0.2, -0.15) is 0 Å². The summed E-state index contributed by atoms with van der Waals surface area (Å²) in [5.41, 5.74) is 0. The maximum atomic E-state index is 5.41. The van der Waals surface area contributed by atoms with Gasteiger partial charge < -0.3 is 12.9 Å². The Morgan fingerprint density at radius 2 is 2.33 bits per heavy atom. The third kappa shape index (κ3) is 1.16. The Kier molecular flexibility index (Phi) is 1.90. The quantitative estimate of drug-likeness (QED) is 0.398. The summed E-state index contributed by atoms with van der Waals surface area (Å²) >= 11 is 0. The van der Waals surface area contributed by atoms with E-state index in [1.54, 1.807) is 7.11 Å². The van der Waals surface area contributed by atoms with Crippen LogP contribution in [0, 0.1) is 0 Å². The van der Waals surface area contributed by atoms with Crippen LogP contribution in [-0.4, -0.2) is 36.2 Å². The van der Waals surface area contributed by atoms with E-state index in [0.29, 0.717) is 0 Å². The summed E-state index contributed by atoms with van der Waals surface area (Å²) in [5.74, 6) is 0. The molecule has 0 saturated carbocycles. The maximum Gasteiger partial charge on any atom is 0.716 e. The van der Waals surface area contributed by atoms with Crippen molar-refractivity contribution >= 4 is 8.80 Å². The minimum absolute atomic E-state index is 0.789. The van der Waals surface area contributed by atoms with Crippen molar-refractivity contribution in [2.45, 2.75) is 6.55 Å². The molecule has 0 bridgehead atoms. The smallest absolute Gasteiger partial charge is 0.477 e. The molecule has 1 saturated heterocycles. The van der Waals surface area contributed by atoms with Crippen LogP contribution in [0.3, 0.4) is 0 Å². The van der Waals surface area contributed by atoms with Crippen LogP contribution in [0.2, 0.25) is 6.55 Å². The summed E-state index contributed by atoms with van der Waals surface area (Å²) in [6.45, 7) is 3.74. The zero-order chi connectivity index (χ0) is 6.91. The fraction of sp³-hybridized carbons (Fsp3) is 1.00. The second-order valence-corrected chi connectivity index (χ2v) is 5.37. The molecule has 1 unspecified atom stereocenters. The molecule has 1 fully saturated rings. The van der Waals surface area contributed by atoms with Crippen LogP contribution >= 0.6 is 0 Å². The van der Waals surface area contributed by atoms with Gasteiger partial charge >= 0.3 is 8.80 Å². The highest BCUT2D eigenvalue weighted by atomic mass is 28.4. The van der Waals surface area contributed by atoms with Crippen molar-refractivity contribution in [3.05, 3.63) is 0 Å². The van der Waals surface area contributed by atoms with Gasteiger partial charge in [-0.05, 0) is 0 Å². The zero-order valence-corrected chi connectivity index (χ0v) is 7.14. The van der Waals surface area contributed by atoms with E-state index in [2.05, 4.69) is 4.06 Å². The first-order valence-corrected chi connectivity index (χ1v) is 5.23. The molecule has 0 spiro atoms. The van der Waals surface area contributed by atoms with Gasteiger partial charge in [0.1, 0.15) is 20.3 Å². The molecule has 0 aliphatic carbocycles. The fourth-order valence-corrected chi connectivity index (χ4v) is 2.35. The van der Waals surface area contributed by atoms with E-state index in [-0.39, 0.29) is 0 Å². The highest BCUT2D eigenvalue weighted by molar-refractivity contribution is 6.60. The van der Waals surface area contributed by atoms with Crippen LogP contribution in [0.5, 0.6) is 0 Å². The molecule has 0 amide bonds. The third-order valence-corrected chi connectivity index (χ3v) is 4.70. The van der Waals surface area contributed by atoms with Crippen LogP contribution < -0.4 is 0 Å². The highest BCUT2D eigenvalue weighted by Crippen LogP contribution is 2.20. The van der Waals surface area contributed by atoms with Gasteiger partial charge in [-0.15, -0.1) is 0 Å². The van der Waals surface area contributed by atoms with Crippen LogP contribution in [0.25, 0.3) is 0 Å². The molecule has 1 aliphatic heterocycles. The van der Waals surface area contributed by atoms with E-state index in [9.17, 15) is 0 Å². The van der Waals surface area contributed by atoms with E-state index in [1.807, 2.05) is 13.7 Å². The van der Waals surface area contributed by atoms with E-state index in [4.69, 9.17) is 8.85 Å². The van der Waals surface area contributed by atoms with Crippen LogP contribution in [-0.2, 0) is 12.9 Å².